The van der Waals surface area contributed by atoms with E-state index < -0.39 is 0 Å². The molecule has 0 bridgehead atoms. The predicted octanol–water partition coefficient (Wildman–Crippen LogP) is 1.26. The first kappa shape index (κ1) is 11.4. The van der Waals surface area contributed by atoms with Crippen LogP contribution >= 0.6 is 11.6 Å². The van der Waals surface area contributed by atoms with Gasteiger partial charge in [-0.3, -0.25) is 4.79 Å². The molecule has 1 aliphatic heterocycles. The molecule has 0 aliphatic carbocycles. The minimum absolute atomic E-state index is 0.159. The van der Waals surface area contributed by atoms with Crippen molar-refractivity contribution >= 4 is 17.3 Å². The van der Waals surface area contributed by atoms with Gasteiger partial charge < -0.3 is 10.1 Å². The number of ether oxygens (including phenoxy) is 1. The SMILES string of the molecule is O=c1[nH]ncc(NCC2CCCOC2)c1Cl. The molecule has 88 valence electrons. The largest absolute Gasteiger partial charge is 0.382 e. The number of nitrogens with zero attached hydrogens (tertiary/aromatic N) is 1. The molecule has 1 saturated heterocycles. The lowest BCUT2D eigenvalue weighted by Gasteiger charge is -2.22. The molecule has 5 nitrogen and oxygen atoms in total. The van der Waals surface area contributed by atoms with Gasteiger partial charge in [-0.15, -0.1) is 0 Å². The van der Waals surface area contributed by atoms with E-state index in [-0.39, 0.29) is 10.6 Å². The Labute approximate surface area is 98.2 Å². The van der Waals surface area contributed by atoms with Crippen LogP contribution in [-0.4, -0.2) is 30.0 Å². The Hall–Kier alpha value is -1.07. The van der Waals surface area contributed by atoms with Gasteiger partial charge >= 0.3 is 0 Å². The number of aromatic nitrogens is 2. The molecule has 6 heteroatoms. The normalized spacial score (nSPS) is 20.7. The number of rotatable bonds is 3. The molecule has 1 aromatic rings. The maximum Gasteiger partial charge on any atom is 0.285 e. The van der Waals surface area contributed by atoms with Gasteiger partial charge in [0.15, 0.2) is 0 Å². The number of hydrogen-bond donors (Lipinski definition) is 2. The van der Waals surface area contributed by atoms with Gasteiger partial charge in [0.2, 0.25) is 0 Å². The molecule has 0 amide bonds. The maximum atomic E-state index is 11.2. The summed E-state index contributed by atoms with van der Waals surface area (Å²) in [5.74, 6) is 0.476. The van der Waals surface area contributed by atoms with Gasteiger partial charge in [0.1, 0.15) is 5.02 Å². The summed E-state index contributed by atoms with van der Waals surface area (Å²) in [6.07, 6.45) is 3.75. The van der Waals surface area contributed by atoms with Crippen molar-refractivity contribution in [2.45, 2.75) is 12.8 Å². The Morgan fingerprint density at radius 2 is 2.56 bits per heavy atom. The van der Waals surface area contributed by atoms with E-state index in [1.165, 1.54) is 6.20 Å². The Bertz CT molecular complexity index is 401. The standard InChI is InChI=1S/C10H14ClN3O2/c11-9-8(5-13-14-10(9)15)12-4-7-2-1-3-16-6-7/h5,7H,1-4,6H2,(H2,12,14,15). The van der Waals surface area contributed by atoms with Crippen molar-refractivity contribution in [1.82, 2.24) is 10.2 Å². The molecule has 2 rings (SSSR count). The lowest BCUT2D eigenvalue weighted by Crippen LogP contribution is -2.25. The number of hydrogen-bond acceptors (Lipinski definition) is 4. The van der Waals surface area contributed by atoms with Crippen LogP contribution in [0.15, 0.2) is 11.0 Å². The minimum atomic E-state index is -0.369. The fourth-order valence-electron chi connectivity index (χ4n) is 1.73. The third-order valence-electron chi connectivity index (χ3n) is 2.63. The average Bonchev–Trinajstić information content (AvgIpc) is 2.32. The summed E-state index contributed by atoms with van der Waals surface area (Å²) in [7, 11) is 0. The monoisotopic (exact) mass is 243 g/mol. The smallest absolute Gasteiger partial charge is 0.285 e. The summed E-state index contributed by atoms with van der Waals surface area (Å²) < 4.78 is 5.37. The third kappa shape index (κ3) is 2.74. The zero-order valence-electron chi connectivity index (χ0n) is 8.83. The van der Waals surface area contributed by atoms with Crippen LogP contribution in [0.25, 0.3) is 0 Å². The topological polar surface area (TPSA) is 67.0 Å². The van der Waals surface area contributed by atoms with E-state index in [1.54, 1.807) is 0 Å². The maximum absolute atomic E-state index is 11.2. The molecule has 1 aromatic heterocycles. The van der Waals surface area contributed by atoms with Crippen LogP contribution in [0.5, 0.6) is 0 Å². The van der Waals surface area contributed by atoms with Crippen molar-refractivity contribution in [2.75, 3.05) is 25.1 Å². The average molecular weight is 244 g/mol. The molecule has 0 aromatic carbocycles. The van der Waals surface area contributed by atoms with Crippen molar-refractivity contribution in [3.63, 3.8) is 0 Å². The van der Waals surface area contributed by atoms with E-state index in [2.05, 4.69) is 15.5 Å². The molecule has 1 fully saturated rings. The number of aromatic amines is 1. The Morgan fingerprint density at radius 1 is 1.69 bits per heavy atom. The van der Waals surface area contributed by atoms with Gasteiger partial charge in [-0.05, 0) is 18.8 Å². The highest BCUT2D eigenvalue weighted by Gasteiger charge is 2.14. The van der Waals surface area contributed by atoms with Crippen molar-refractivity contribution < 1.29 is 4.74 Å². The van der Waals surface area contributed by atoms with Crippen LogP contribution in [0.4, 0.5) is 5.69 Å². The Balaban J connectivity index is 1.93. The van der Waals surface area contributed by atoms with Gasteiger partial charge in [0.05, 0.1) is 18.5 Å². The lowest BCUT2D eigenvalue weighted by molar-refractivity contribution is 0.0595. The molecule has 2 heterocycles. The zero-order valence-corrected chi connectivity index (χ0v) is 9.59. The lowest BCUT2D eigenvalue weighted by atomic mass is 10.0. The number of nitrogens with one attached hydrogen (secondary N) is 2. The van der Waals surface area contributed by atoms with E-state index in [1.807, 2.05) is 0 Å². The van der Waals surface area contributed by atoms with Crippen LogP contribution < -0.4 is 10.9 Å². The van der Waals surface area contributed by atoms with Gasteiger partial charge in [-0.2, -0.15) is 5.10 Å². The predicted molar refractivity (Wildman–Crippen MR) is 61.9 cm³/mol. The number of anilines is 1. The van der Waals surface area contributed by atoms with Crippen molar-refractivity contribution in [3.8, 4) is 0 Å². The highest BCUT2D eigenvalue weighted by Crippen LogP contribution is 2.18. The fourth-order valence-corrected chi connectivity index (χ4v) is 1.89. The van der Waals surface area contributed by atoms with Crippen molar-refractivity contribution in [1.29, 1.82) is 0 Å². The molecule has 16 heavy (non-hydrogen) atoms. The van der Waals surface area contributed by atoms with Crippen LogP contribution in [0.2, 0.25) is 5.02 Å². The molecular formula is C10H14ClN3O2. The third-order valence-corrected chi connectivity index (χ3v) is 3.01. The van der Waals surface area contributed by atoms with E-state index in [9.17, 15) is 4.79 Å². The molecular weight excluding hydrogens is 230 g/mol. The van der Waals surface area contributed by atoms with Gasteiger partial charge in [-0.1, -0.05) is 11.6 Å². The molecule has 1 unspecified atom stereocenters. The van der Waals surface area contributed by atoms with Crippen LogP contribution in [0.1, 0.15) is 12.8 Å². The summed E-state index contributed by atoms with van der Waals surface area (Å²) in [5.41, 5.74) is 0.211. The first-order valence-electron chi connectivity index (χ1n) is 5.32. The summed E-state index contributed by atoms with van der Waals surface area (Å²) in [6, 6.07) is 0. The highest BCUT2D eigenvalue weighted by molar-refractivity contribution is 6.32. The van der Waals surface area contributed by atoms with Gasteiger partial charge in [-0.25, -0.2) is 5.10 Å². The first-order valence-corrected chi connectivity index (χ1v) is 5.70. The van der Waals surface area contributed by atoms with E-state index >= 15 is 0 Å². The fraction of sp³-hybridized carbons (Fsp3) is 0.600. The Morgan fingerprint density at radius 3 is 3.31 bits per heavy atom. The quantitative estimate of drug-likeness (QED) is 0.839. The van der Waals surface area contributed by atoms with Crippen molar-refractivity contribution in [3.05, 3.63) is 21.6 Å². The first-order chi connectivity index (χ1) is 7.77. The zero-order chi connectivity index (χ0) is 11.4. The summed E-state index contributed by atoms with van der Waals surface area (Å²) in [5, 5.41) is 9.26. The molecule has 1 aliphatic rings. The van der Waals surface area contributed by atoms with Crippen molar-refractivity contribution in [2.24, 2.45) is 5.92 Å². The van der Waals surface area contributed by atoms with Crippen LogP contribution in [-0.2, 0) is 4.74 Å². The van der Waals surface area contributed by atoms with E-state index in [0.717, 1.165) is 32.6 Å². The number of H-pyrrole nitrogens is 1. The molecule has 1 atom stereocenters. The van der Waals surface area contributed by atoms with Gasteiger partial charge in [0, 0.05) is 13.2 Å². The van der Waals surface area contributed by atoms with E-state index in [0.29, 0.717) is 11.6 Å². The molecule has 0 radical (unpaired) electrons. The second-order valence-electron chi connectivity index (χ2n) is 3.89. The molecule has 2 N–H and O–H groups in total. The summed E-state index contributed by atoms with van der Waals surface area (Å²) in [6.45, 7) is 2.37. The summed E-state index contributed by atoms with van der Waals surface area (Å²) in [4.78, 5) is 11.2. The van der Waals surface area contributed by atoms with Crippen LogP contribution in [0.3, 0.4) is 0 Å². The second-order valence-corrected chi connectivity index (χ2v) is 4.27. The highest BCUT2D eigenvalue weighted by atomic mass is 35.5. The van der Waals surface area contributed by atoms with Gasteiger partial charge in [0.25, 0.3) is 5.56 Å². The minimum Gasteiger partial charge on any atom is -0.382 e. The second kappa shape index (κ2) is 5.32. The molecule has 0 spiro atoms. The van der Waals surface area contributed by atoms with E-state index in [4.69, 9.17) is 16.3 Å². The number of halogens is 1. The summed E-state index contributed by atoms with van der Waals surface area (Å²) >= 11 is 5.83. The Kier molecular flexibility index (Phi) is 3.79. The van der Waals surface area contributed by atoms with Crippen LogP contribution in [0, 0.1) is 5.92 Å². The molecule has 0 saturated carbocycles.